The fraction of sp³-hybridized carbons (Fsp3) is 0.364. The second-order valence-corrected chi connectivity index (χ2v) is 7.89. The summed E-state index contributed by atoms with van der Waals surface area (Å²) in [4.78, 5) is 20.8. The molecule has 0 radical (unpaired) electrons. The molecule has 0 saturated carbocycles. The van der Waals surface area contributed by atoms with E-state index in [0.29, 0.717) is 0 Å². The summed E-state index contributed by atoms with van der Waals surface area (Å²) in [6, 6.07) is 19.0. The Morgan fingerprint density at radius 2 is 1.72 bits per heavy atom. The first-order valence-electron chi connectivity index (χ1n) is 9.55. The number of esters is 1. The number of guanidine groups is 1. The van der Waals surface area contributed by atoms with Crippen LogP contribution in [-0.2, 0) is 16.1 Å². The molecule has 1 aliphatic rings. The van der Waals surface area contributed by atoms with Crippen LogP contribution in [0.4, 0.5) is 0 Å². The van der Waals surface area contributed by atoms with Crippen molar-refractivity contribution in [3.05, 3.63) is 60.2 Å². The molecule has 2 aromatic carbocycles. The molecule has 1 saturated heterocycles. The highest BCUT2D eigenvalue weighted by Gasteiger charge is 2.26. The standard InChI is InChI=1S/C22H27N3O2S.HI/c1-23-22(25-14-12-18(13-15-25)21(26)27-2)24-16-17-8-10-20(11-9-17)28-19-6-4-3-5-7-19;/h3-11,18H,12-16H2,1-2H3,(H,23,24);1H. The first kappa shape index (κ1) is 23.5. The Kier molecular flexibility index (Phi) is 9.80. The van der Waals surface area contributed by atoms with Gasteiger partial charge in [-0.3, -0.25) is 9.79 Å². The van der Waals surface area contributed by atoms with Gasteiger partial charge in [0.05, 0.1) is 13.0 Å². The summed E-state index contributed by atoms with van der Waals surface area (Å²) >= 11 is 1.76. The number of carbonyl (C=O) groups is 1. The van der Waals surface area contributed by atoms with Gasteiger partial charge in [0.25, 0.3) is 0 Å². The zero-order valence-corrected chi connectivity index (χ0v) is 20.0. The third-order valence-corrected chi connectivity index (χ3v) is 5.91. The molecule has 156 valence electrons. The fourth-order valence-electron chi connectivity index (χ4n) is 3.31. The average molecular weight is 525 g/mol. The average Bonchev–Trinajstić information content (AvgIpc) is 2.76. The number of hydrogen-bond acceptors (Lipinski definition) is 4. The summed E-state index contributed by atoms with van der Waals surface area (Å²) < 4.78 is 4.86. The molecule has 0 atom stereocenters. The SMILES string of the molecule is CN=C(NCc1ccc(Sc2ccccc2)cc1)N1CCC(C(=O)OC)CC1.I. The number of methoxy groups -OCH3 is 1. The predicted molar refractivity (Wildman–Crippen MR) is 129 cm³/mol. The Balaban J connectivity index is 0.00000300. The normalized spacial score (nSPS) is 14.8. The van der Waals surface area contributed by atoms with Crippen LogP contribution >= 0.6 is 35.7 Å². The topological polar surface area (TPSA) is 53.9 Å². The van der Waals surface area contributed by atoms with Gasteiger partial charge >= 0.3 is 5.97 Å². The summed E-state index contributed by atoms with van der Waals surface area (Å²) in [7, 11) is 3.26. The van der Waals surface area contributed by atoms with Crippen LogP contribution in [0.2, 0.25) is 0 Å². The van der Waals surface area contributed by atoms with Crippen LogP contribution in [-0.4, -0.2) is 44.1 Å². The van der Waals surface area contributed by atoms with Crippen molar-refractivity contribution in [1.82, 2.24) is 10.2 Å². The van der Waals surface area contributed by atoms with Crippen LogP contribution < -0.4 is 5.32 Å². The molecule has 1 heterocycles. The quantitative estimate of drug-likeness (QED) is 0.271. The maximum absolute atomic E-state index is 11.7. The number of nitrogens with one attached hydrogen (secondary N) is 1. The van der Waals surface area contributed by atoms with E-state index in [0.717, 1.165) is 38.4 Å². The molecule has 0 aromatic heterocycles. The van der Waals surface area contributed by atoms with Crippen LogP contribution in [0.3, 0.4) is 0 Å². The molecule has 3 rings (SSSR count). The Morgan fingerprint density at radius 3 is 2.31 bits per heavy atom. The number of halogens is 1. The summed E-state index contributed by atoms with van der Waals surface area (Å²) in [5, 5.41) is 3.44. The first-order valence-corrected chi connectivity index (χ1v) is 10.4. The lowest BCUT2D eigenvalue weighted by molar-refractivity contribution is -0.146. The van der Waals surface area contributed by atoms with E-state index in [1.807, 2.05) is 6.07 Å². The van der Waals surface area contributed by atoms with Gasteiger partial charge in [-0.15, -0.1) is 24.0 Å². The lowest BCUT2D eigenvalue weighted by Crippen LogP contribution is -2.46. The van der Waals surface area contributed by atoms with Crippen molar-refractivity contribution >= 4 is 47.7 Å². The molecule has 1 aliphatic heterocycles. The van der Waals surface area contributed by atoms with Crippen LogP contribution in [0.25, 0.3) is 0 Å². The van der Waals surface area contributed by atoms with Crippen molar-refractivity contribution in [2.75, 3.05) is 27.2 Å². The fourth-order valence-corrected chi connectivity index (χ4v) is 4.14. The summed E-state index contributed by atoms with van der Waals surface area (Å²) in [5.41, 5.74) is 1.21. The monoisotopic (exact) mass is 525 g/mol. The summed E-state index contributed by atoms with van der Waals surface area (Å²) in [5.74, 6) is 0.788. The van der Waals surface area contributed by atoms with Crippen molar-refractivity contribution in [3.63, 3.8) is 0 Å². The van der Waals surface area contributed by atoms with Crippen molar-refractivity contribution < 1.29 is 9.53 Å². The zero-order chi connectivity index (χ0) is 19.8. The number of rotatable bonds is 5. The summed E-state index contributed by atoms with van der Waals surface area (Å²) in [6.45, 7) is 2.35. The highest BCUT2D eigenvalue weighted by Crippen LogP contribution is 2.27. The minimum atomic E-state index is -0.101. The molecule has 0 aliphatic carbocycles. The molecule has 5 nitrogen and oxygen atoms in total. The zero-order valence-electron chi connectivity index (χ0n) is 16.8. The number of benzene rings is 2. The lowest BCUT2D eigenvalue weighted by atomic mass is 9.97. The van der Waals surface area contributed by atoms with Gasteiger partial charge in [0.2, 0.25) is 0 Å². The molecule has 1 fully saturated rings. The Hall–Kier alpha value is -1.74. The summed E-state index contributed by atoms with van der Waals surface area (Å²) in [6.07, 6.45) is 1.61. The highest BCUT2D eigenvalue weighted by atomic mass is 127. The predicted octanol–water partition coefficient (Wildman–Crippen LogP) is 4.42. The Bertz CT molecular complexity index is 791. The molecule has 0 unspecified atom stereocenters. The maximum Gasteiger partial charge on any atom is 0.308 e. The minimum absolute atomic E-state index is 0. The minimum Gasteiger partial charge on any atom is -0.469 e. The first-order chi connectivity index (χ1) is 13.7. The lowest BCUT2D eigenvalue weighted by Gasteiger charge is -2.33. The van der Waals surface area contributed by atoms with Crippen molar-refractivity contribution in [3.8, 4) is 0 Å². The molecular weight excluding hydrogens is 497 g/mol. The maximum atomic E-state index is 11.7. The van der Waals surface area contributed by atoms with Gasteiger partial charge in [-0.25, -0.2) is 0 Å². The second kappa shape index (κ2) is 12.1. The Labute approximate surface area is 194 Å². The number of likely N-dealkylation sites (tertiary alicyclic amines) is 1. The van der Waals surface area contributed by atoms with E-state index in [-0.39, 0.29) is 35.9 Å². The number of nitrogens with zero attached hydrogens (tertiary/aromatic N) is 2. The number of aliphatic imine (C=N–C) groups is 1. The van der Waals surface area contributed by atoms with Crippen LogP contribution in [0, 0.1) is 5.92 Å². The van der Waals surface area contributed by atoms with Crippen LogP contribution in [0.1, 0.15) is 18.4 Å². The van der Waals surface area contributed by atoms with Gasteiger partial charge in [-0.2, -0.15) is 0 Å². The van der Waals surface area contributed by atoms with Gasteiger partial charge in [0.1, 0.15) is 0 Å². The van der Waals surface area contributed by atoms with Crippen molar-refractivity contribution in [1.29, 1.82) is 0 Å². The molecule has 0 bridgehead atoms. The number of carbonyl (C=O) groups excluding carboxylic acids is 1. The smallest absolute Gasteiger partial charge is 0.308 e. The Morgan fingerprint density at radius 1 is 1.10 bits per heavy atom. The van der Waals surface area contributed by atoms with E-state index in [1.54, 1.807) is 18.8 Å². The van der Waals surface area contributed by atoms with E-state index in [9.17, 15) is 4.79 Å². The van der Waals surface area contributed by atoms with E-state index in [2.05, 4.69) is 63.7 Å². The third kappa shape index (κ3) is 6.92. The number of hydrogen-bond donors (Lipinski definition) is 1. The van der Waals surface area contributed by atoms with Gasteiger partial charge in [0, 0.05) is 36.5 Å². The van der Waals surface area contributed by atoms with Crippen LogP contribution in [0.15, 0.2) is 69.4 Å². The third-order valence-electron chi connectivity index (χ3n) is 4.89. The van der Waals surface area contributed by atoms with E-state index >= 15 is 0 Å². The molecule has 7 heteroatoms. The molecule has 0 spiro atoms. The second-order valence-electron chi connectivity index (χ2n) is 6.74. The van der Waals surface area contributed by atoms with E-state index in [4.69, 9.17) is 4.74 Å². The van der Waals surface area contributed by atoms with Crippen molar-refractivity contribution in [2.24, 2.45) is 10.9 Å². The van der Waals surface area contributed by atoms with Gasteiger partial charge in [-0.1, -0.05) is 42.1 Å². The van der Waals surface area contributed by atoms with E-state index in [1.165, 1.54) is 22.5 Å². The molecular formula is C22H28IN3O2S. The van der Waals surface area contributed by atoms with Gasteiger partial charge in [-0.05, 0) is 42.7 Å². The molecule has 1 N–H and O–H groups in total. The molecule has 0 amide bonds. The van der Waals surface area contributed by atoms with Gasteiger partial charge in [0.15, 0.2) is 5.96 Å². The van der Waals surface area contributed by atoms with E-state index < -0.39 is 0 Å². The molecule has 29 heavy (non-hydrogen) atoms. The van der Waals surface area contributed by atoms with Crippen LogP contribution in [0.5, 0.6) is 0 Å². The molecule has 2 aromatic rings. The highest BCUT2D eigenvalue weighted by molar-refractivity contribution is 14.0. The van der Waals surface area contributed by atoms with Gasteiger partial charge < -0.3 is 15.0 Å². The largest absolute Gasteiger partial charge is 0.469 e. The van der Waals surface area contributed by atoms with Crippen molar-refractivity contribution in [2.45, 2.75) is 29.2 Å². The number of ether oxygens (including phenoxy) is 1. The number of piperidine rings is 1.